The third kappa shape index (κ3) is 13.1. The Labute approximate surface area is 179 Å². The number of thioether (sulfide) groups is 1. The molecule has 0 heterocycles. The highest BCUT2D eigenvalue weighted by molar-refractivity contribution is 8.13. The molecule has 0 unspecified atom stereocenters. The van der Waals surface area contributed by atoms with E-state index < -0.39 is 23.4 Å². The molecule has 0 aromatic heterocycles. The molecule has 0 fully saturated rings. The summed E-state index contributed by atoms with van der Waals surface area (Å²) in [6.07, 6.45) is -0.764. The number of thiol groups is 1. The van der Waals surface area contributed by atoms with E-state index in [1.165, 1.54) is 4.90 Å². The van der Waals surface area contributed by atoms with Crippen molar-refractivity contribution in [2.45, 2.75) is 85.1 Å². The first-order valence-corrected chi connectivity index (χ1v) is 11.0. The molecule has 0 aromatic carbocycles. The van der Waals surface area contributed by atoms with Crippen LogP contribution in [0.1, 0.15) is 61.8 Å². The summed E-state index contributed by atoms with van der Waals surface area (Å²) in [6, 6.07) is -0.370. The van der Waals surface area contributed by atoms with E-state index in [0.29, 0.717) is 11.5 Å². The SMILES string of the molecule is C[C@H](CS)N(CCC(=O)SC[C@H](C)NC(=O)OC(C)(C)C)C(=O)OC(C)(C)C. The zero-order valence-electron chi connectivity index (χ0n) is 18.3. The first-order valence-electron chi connectivity index (χ1n) is 9.40. The van der Waals surface area contributed by atoms with E-state index in [1.807, 2.05) is 6.92 Å². The van der Waals surface area contributed by atoms with E-state index in [0.717, 1.165) is 11.8 Å². The molecule has 0 saturated heterocycles. The highest BCUT2D eigenvalue weighted by Gasteiger charge is 2.26. The molecule has 0 aliphatic heterocycles. The minimum absolute atomic E-state index is 0.0576. The van der Waals surface area contributed by atoms with Crippen molar-refractivity contribution in [3.05, 3.63) is 0 Å². The Morgan fingerprint density at radius 2 is 1.57 bits per heavy atom. The third-order valence-corrected chi connectivity index (χ3v) is 4.96. The molecule has 0 aromatic rings. The number of alkyl carbamates (subject to hydrolysis) is 1. The zero-order valence-corrected chi connectivity index (χ0v) is 20.0. The van der Waals surface area contributed by atoms with Gasteiger partial charge in [0.15, 0.2) is 5.12 Å². The second-order valence-corrected chi connectivity index (χ2v) is 10.1. The van der Waals surface area contributed by atoms with E-state index in [1.54, 1.807) is 48.5 Å². The Morgan fingerprint density at radius 1 is 1.04 bits per heavy atom. The summed E-state index contributed by atoms with van der Waals surface area (Å²) in [5.41, 5.74) is -1.17. The molecule has 0 aliphatic rings. The predicted molar refractivity (Wildman–Crippen MR) is 117 cm³/mol. The van der Waals surface area contributed by atoms with Gasteiger partial charge < -0.3 is 19.7 Å². The van der Waals surface area contributed by atoms with Gasteiger partial charge in [-0.05, 0) is 55.4 Å². The summed E-state index contributed by atoms with van der Waals surface area (Å²) in [4.78, 5) is 37.8. The number of carbonyl (C=O) groups is 3. The third-order valence-electron chi connectivity index (χ3n) is 3.24. The quantitative estimate of drug-likeness (QED) is 0.557. The van der Waals surface area contributed by atoms with Crippen LogP contribution in [-0.4, -0.2) is 63.5 Å². The van der Waals surface area contributed by atoms with Crippen LogP contribution in [0.2, 0.25) is 0 Å². The molecule has 2 atom stereocenters. The van der Waals surface area contributed by atoms with E-state index in [4.69, 9.17) is 9.47 Å². The maximum atomic E-state index is 12.4. The lowest BCUT2D eigenvalue weighted by Crippen LogP contribution is -2.44. The topological polar surface area (TPSA) is 84.9 Å². The molecule has 0 rings (SSSR count). The first-order chi connectivity index (χ1) is 12.6. The number of nitrogens with one attached hydrogen (secondary N) is 1. The highest BCUT2D eigenvalue weighted by Crippen LogP contribution is 2.15. The minimum Gasteiger partial charge on any atom is -0.444 e. The van der Waals surface area contributed by atoms with Crippen molar-refractivity contribution in [1.29, 1.82) is 0 Å². The van der Waals surface area contributed by atoms with Gasteiger partial charge in [0, 0.05) is 36.6 Å². The van der Waals surface area contributed by atoms with Gasteiger partial charge in [-0.2, -0.15) is 12.6 Å². The number of hydrogen-bond acceptors (Lipinski definition) is 7. The van der Waals surface area contributed by atoms with Gasteiger partial charge in [0.2, 0.25) is 0 Å². The first kappa shape index (κ1) is 26.9. The summed E-state index contributed by atoms with van der Waals surface area (Å²) in [5, 5.41) is 2.64. The number of nitrogens with zero attached hydrogens (tertiary/aromatic N) is 1. The Morgan fingerprint density at radius 3 is 2.04 bits per heavy atom. The molecule has 164 valence electrons. The van der Waals surface area contributed by atoms with Gasteiger partial charge in [0.25, 0.3) is 0 Å². The molecule has 2 amide bonds. The van der Waals surface area contributed by atoms with Crippen LogP contribution in [0.4, 0.5) is 9.59 Å². The Kier molecular flexibility index (Phi) is 11.3. The minimum atomic E-state index is -0.604. The van der Waals surface area contributed by atoms with Crippen LogP contribution < -0.4 is 5.32 Å². The molecule has 1 N–H and O–H groups in total. The van der Waals surface area contributed by atoms with Crippen molar-refractivity contribution in [2.75, 3.05) is 18.1 Å². The summed E-state index contributed by atoms with van der Waals surface area (Å²) < 4.78 is 10.6. The molecule has 0 aliphatic carbocycles. The molecule has 7 nitrogen and oxygen atoms in total. The average molecular weight is 437 g/mol. The van der Waals surface area contributed by atoms with Gasteiger partial charge in [-0.25, -0.2) is 9.59 Å². The lowest BCUT2D eigenvalue weighted by Gasteiger charge is -2.31. The van der Waals surface area contributed by atoms with Crippen molar-refractivity contribution in [3.8, 4) is 0 Å². The zero-order chi connectivity index (χ0) is 22.1. The van der Waals surface area contributed by atoms with Crippen LogP contribution in [-0.2, 0) is 14.3 Å². The normalized spacial score (nSPS) is 14.0. The van der Waals surface area contributed by atoms with Crippen LogP contribution >= 0.6 is 24.4 Å². The molecule has 0 bridgehead atoms. The molecule has 9 heteroatoms. The van der Waals surface area contributed by atoms with Gasteiger partial charge in [-0.3, -0.25) is 4.79 Å². The fourth-order valence-corrected chi connectivity index (χ4v) is 2.91. The van der Waals surface area contributed by atoms with Gasteiger partial charge in [-0.1, -0.05) is 11.8 Å². The van der Waals surface area contributed by atoms with Gasteiger partial charge >= 0.3 is 12.2 Å². The second-order valence-electron chi connectivity index (χ2n) is 8.69. The molecule has 0 radical (unpaired) electrons. The number of ether oxygens (including phenoxy) is 2. The van der Waals surface area contributed by atoms with Gasteiger partial charge in [0.1, 0.15) is 11.2 Å². The number of rotatable bonds is 8. The Balaban J connectivity index is 4.48. The highest BCUT2D eigenvalue weighted by atomic mass is 32.2. The Hall–Kier alpha value is -1.09. The monoisotopic (exact) mass is 436 g/mol. The maximum Gasteiger partial charge on any atom is 0.410 e. The van der Waals surface area contributed by atoms with Crippen LogP contribution in [0.5, 0.6) is 0 Å². The van der Waals surface area contributed by atoms with Crippen LogP contribution in [0.25, 0.3) is 0 Å². The summed E-state index contributed by atoms with van der Waals surface area (Å²) >= 11 is 5.37. The molecular weight excluding hydrogens is 400 g/mol. The van der Waals surface area contributed by atoms with Crippen LogP contribution in [0.3, 0.4) is 0 Å². The van der Waals surface area contributed by atoms with Gasteiger partial charge in [-0.15, -0.1) is 0 Å². The van der Waals surface area contributed by atoms with Crippen LogP contribution in [0, 0.1) is 0 Å². The summed E-state index contributed by atoms with van der Waals surface area (Å²) in [6.45, 7) is 14.7. The summed E-state index contributed by atoms with van der Waals surface area (Å²) in [5.74, 6) is 0.893. The number of amides is 2. The maximum absolute atomic E-state index is 12.4. The number of hydrogen-bond donors (Lipinski definition) is 2. The van der Waals surface area contributed by atoms with E-state index >= 15 is 0 Å². The lowest BCUT2D eigenvalue weighted by atomic mass is 10.2. The lowest BCUT2D eigenvalue weighted by molar-refractivity contribution is -0.111. The van der Waals surface area contributed by atoms with Crippen molar-refractivity contribution >= 4 is 41.7 Å². The second kappa shape index (κ2) is 11.8. The fraction of sp³-hybridized carbons (Fsp3) is 0.842. The van der Waals surface area contributed by atoms with E-state index in [9.17, 15) is 14.4 Å². The molecule has 0 saturated carbocycles. The van der Waals surface area contributed by atoms with Crippen LogP contribution in [0.15, 0.2) is 0 Å². The number of carbonyl (C=O) groups excluding carboxylic acids is 3. The van der Waals surface area contributed by atoms with E-state index in [-0.39, 0.29) is 30.2 Å². The average Bonchev–Trinajstić information content (AvgIpc) is 2.49. The molecule has 28 heavy (non-hydrogen) atoms. The van der Waals surface area contributed by atoms with Crippen molar-refractivity contribution < 1.29 is 23.9 Å². The summed E-state index contributed by atoms with van der Waals surface area (Å²) in [7, 11) is 0. The van der Waals surface area contributed by atoms with Crippen molar-refractivity contribution in [1.82, 2.24) is 10.2 Å². The molecule has 0 spiro atoms. The Bertz CT molecular complexity index is 529. The van der Waals surface area contributed by atoms with E-state index in [2.05, 4.69) is 17.9 Å². The van der Waals surface area contributed by atoms with Gasteiger partial charge in [0.05, 0.1) is 0 Å². The largest absolute Gasteiger partial charge is 0.444 e. The predicted octanol–water partition coefficient (Wildman–Crippen LogP) is 4.10. The smallest absolute Gasteiger partial charge is 0.410 e. The fourth-order valence-electron chi connectivity index (χ4n) is 1.96. The van der Waals surface area contributed by atoms with Crippen molar-refractivity contribution in [3.63, 3.8) is 0 Å². The molecular formula is C19H36N2O5S2. The van der Waals surface area contributed by atoms with Crippen molar-refractivity contribution in [2.24, 2.45) is 0 Å². The standard InChI is InChI=1S/C19H36N2O5S2/c1-13(20-16(23)25-18(3,4)5)12-28-15(22)9-10-21(14(2)11-27)17(24)26-19(6,7)8/h13-14,27H,9-12H2,1-8H3,(H,20,23)/t13-,14+/m0/s1.